The van der Waals surface area contributed by atoms with Crippen LogP contribution in [0.3, 0.4) is 0 Å². The van der Waals surface area contributed by atoms with E-state index in [1.165, 1.54) is 48.7 Å². The predicted molar refractivity (Wildman–Crippen MR) is 124 cm³/mol. The average molecular weight is 480 g/mol. The van der Waals surface area contributed by atoms with Gasteiger partial charge in [-0.3, -0.25) is 4.79 Å². The standard InChI is InChI=1S/C22H29N3O5S2/c1-17-11-12-20(31(27,28)24(2)3)16-21(17)23-22(26)18-9-8-10-19(15-18)32(29,30)25-13-6-4-5-7-14-25/h8-12,15-16H,4-7,13-14H2,1-3H3,(H,23,26). The molecule has 0 aliphatic carbocycles. The van der Waals surface area contributed by atoms with Crippen LogP contribution < -0.4 is 5.32 Å². The summed E-state index contributed by atoms with van der Waals surface area (Å²) in [6.07, 6.45) is 3.67. The van der Waals surface area contributed by atoms with Crippen LogP contribution in [0, 0.1) is 6.92 Å². The molecular formula is C22H29N3O5S2. The van der Waals surface area contributed by atoms with Gasteiger partial charge in [-0.25, -0.2) is 21.1 Å². The number of nitrogens with zero attached hydrogens (tertiary/aromatic N) is 2. The van der Waals surface area contributed by atoms with E-state index in [9.17, 15) is 21.6 Å². The number of hydrogen-bond acceptors (Lipinski definition) is 5. The maximum atomic E-state index is 13.1. The second-order valence-corrected chi connectivity index (χ2v) is 12.2. The van der Waals surface area contributed by atoms with Crippen molar-refractivity contribution >= 4 is 31.6 Å². The molecule has 3 rings (SSSR count). The number of rotatable bonds is 6. The van der Waals surface area contributed by atoms with Crippen molar-refractivity contribution in [1.29, 1.82) is 0 Å². The highest BCUT2D eigenvalue weighted by molar-refractivity contribution is 7.89. The van der Waals surface area contributed by atoms with E-state index in [4.69, 9.17) is 0 Å². The van der Waals surface area contributed by atoms with E-state index in [2.05, 4.69) is 5.32 Å². The molecule has 0 atom stereocenters. The second-order valence-electron chi connectivity index (χ2n) is 8.06. The number of benzene rings is 2. The number of nitrogens with one attached hydrogen (secondary N) is 1. The van der Waals surface area contributed by atoms with Crippen molar-refractivity contribution in [2.45, 2.75) is 42.4 Å². The zero-order valence-electron chi connectivity index (χ0n) is 18.5. The Labute approximate surface area is 190 Å². The Morgan fingerprint density at radius 2 is 1.56 bits per heavy atom. The van der Waals surface area contributed by atoms with Crippen LogP contribution in [0.2, 0.25) is 0 Å². The molecule has 10 heteroatoms. The normalized spacial score (nSPS) is 16.0. The van der Waals surface area contributed by atoms with Crippen molar-refractivity contribution in [3.8, 4) is 0 Å². The summed E-state index contributed by atoms with van der Waals surface area (Å²) in [5.41, 5.74) is 1.21. The number of hydrogen-bond donors (Lipinski definition) is 1. The smallest absolute Gasteiger partial charge is 0.255 e. The van der Waals surface area contributed by atoms with E-state index in [0.717, 1.165) is 30.0 Å². The zero-order valence-corrected chi connectivity index (χ0v) is 20.2. The predicted octanol–water partition coefficient (Wildman–Crippen LogP) is 3.06. The Kier molecular flexibility index (Phi) is 7.39. The Morgan fingerprint density at radius 1 is 0.906 bits per heavy atom. The van der Waals surface area contributed by atoms with E-state index in [0.29, 0.717) is 24.3 Å². The lowest BCUT2D eigenvalue weighted by molar-refractivity contribution is 0.102. The number of sulfonamides is 2. The van der Waals surface area contributed by atoms with Crippen molar-refractivity contribution in [2.24, 2.45) is 0 Å². The highest BCUT2D eigenvalue weighted by atomic mass is 32.2. The van der Waals surface area contributed by atoms with Crippen LogP contribution in [0.15, 0.2) is 52.3 Å². The van der Waals surface area contributed by atoms with Gasteiger partial charge in [0.2, 0.25) is 20.0 Å². The molecular weight excluding hydrogens is 450 g/mol. The summed E-state index contributed by atoms with van der Waals surface area (Å²) >= 11 is 0. The topological polar surface area (TPSA) is 104 Å². The monoisotopic (exact) mass is 479 g/mol. The van der Waals surface area contributed by atoms with Crippen LogP contribution in [-0.4, -0.2) is 58.5 Å². The molecule has 0 radical (unpaired) electrons. The molecule has 0 saturated carbocycles. The van der Waals surface area contributed by atoms with E-state index in [1.807, 2.05) is 0 Å². The molecule has 1 N–H and O–H groups in total. The third-order valence-corrected chi connectivity index (χ3v) is 9.24. The average Bonchev–Trinajstić information content (AvgIpc) is 3.05. The van der Waals surface area contributed by atoms with Crippen molar-refractivity contribution in [2.75, 3.05) is 32.5 Å². The van der Waals surface area contributed by atoms with Gasteiger partial charge in [-0.05, 0) is 55.7 Å². The first-order valence-corrected chi connectivity index (χ1v) is 13.4. The molecule has 1 aliphatic rings. The van der Waals surface area contributed by atoms with E-state index in [1.54, 1.807) is 19.1 Å². The highest BCUT2D eigenvalue weighted by Crippen LogP contribution is 2.24. The minimum absolute atomic E-state index is 0.0564. The molecule has 1 fully saturated rings. The maximum absolute atomic E-state index is 13.1. The lowest BCUT2D eigenvalue weighted by Gasteiger charge is -2.20. The zero-order chi connectivity index (χ0) is 23.5. The fourth-order valence-corrected chi connectivity index (χ4v) is 6.02. The summed E-state index contributed by atoms with van der Waals surface area (Å²) in [6, 6.07) is 10.4. The van der Waals surface area contributed by atoms with Crippen LogP contribution in [0.25, 0.3) is 0 Å². The summed E-state index contributed by atoms with van der Waals surface area (Å²) in [5.74, 6) is -0.514. The summed E-state index contributed by atoms with van der Waals surface area (Å²) in [7, 11) is -4.48. The molecule has 174 valence electrons. The van der Waals surface area contributed by atoms with Gasteiger partial charge in [0.1, 0.15) is 0 Å². The molecule has 8 nitrogen and oxygen atoms in total. The van der Waals surface area contributed by atoms with Gasteiger partial charge < -0.3 is 5.32 Å². The molecule has 1 saturated heterocycles. The summed E-state index contributed by atoms with van der Waals surface area (Å²) < 4.78 is 53.6. The van der Waals surface area contributed by atoms with Gasteiger partial charge >= 0.3 is 0 Å². The van der Waals surface area contributed by atoms with Gasteiger partial charge in [-0.15, -0.1) is 0 Å². The molecule has 32 heavy (non-hydrogen) atoms. The minimum Gasteiger partial charge on any atom is -0.322 e. The minimum atomic E-state index is -3.69. The van der Waals surface area contributed by atoms with E-state index >= 15 is 0 Å². The maximum Gasteiger partial charge on any atom is 0.255 e. The van der Waals surface area contributed by atoms with Gasteiger partial charge in [0.25, 0.3) is 5.91 Å². The molecule has 0 unspecified atom stereocenters. The van der Waals surface area contributed by atoms with E-state index < -0.39 is 26.0 Å². The molecule has 1 aliphatic heterocycles. The highest BCUT2D eigenvalue weighted by Gasteiger charge is 2.26. The summed E-state index contributed by atoms with van der Waals surface area (Å²) in [4.78, 5) is 13.0. The van der Waals surface area contributed by atoms with Crippen LogP contribution in [-0.2, 0) is 20.0 Å². The SMILES string of the molecule is Cc1ccc(S(=O)(=O)N(C)C)cc1NC(=O)c1cccc(S(=O)(=O)N2CCCCCC2)c1. The van der Waals surface area contributed by atoms with Gasteiger partial charge in [-0.1, -0.05) is 25.0 Å². The van der Waals surface area contributed by atoms with Crippen molar-refractivity contribution in [1.82, 2.24) is 8.61 Å². The number of carbonyl (C=O) groups is 1. The first kappa shape index (κ1) is 24.4. The quantitative estimate of drug-likeness (QED) is 0.686. The van der Waals surface area contributed by atoms with Gasteiger partial charge in [-0.2, -0.15) is 4.31 Å². The third-order valence-electron chi connectivity index (χ3n) is 5.53. The third kappa shape index (κ3) is 5.20. The fraction of sp³-hybridized carbons (Fsp3) is 0.409. The molecule has 0 spiro atoms. The van der Waals surface area contributed by atoms with E-state index in [-0.39, 0.29) is 15.4 Å². The molecule has 0 bridgehead atoms. The van der Waals surface area contributed by atoms with Crippen LogP contribution in [0.1, 0.15) is 41.6 Å². The van der Waals surface area contributed by atoms with Crippen LogP contribution in [0.4, 0.5) is 5.69 Å². The number of anilines is 1. The lowest BCUT2D eigenvalue weighted by atomic mass is 10.1. The Bertz CT molecular complexity index is 1200. The summed E-state index contributed by atoms with van der Waals surface area (Å²) in [6.45, 7) is 2.71. The molecule has 2 aromatic rings. The number of carbonyl (C=O) groups excluding carboxylic acids is 1. The molecule has 1 heterocycles. The number of amides is 1. The van der Waals surface area contributed by atoms with Crippen LogP contribution in [0.5, 0.6) is 0 Å². The Morgan fingerprint density at radius 3 is 2.19 bits per heavy atom. The fourth-order valence-electron chi connectivity index (χ4n) is 3.53. The molecule has 2 aromatic carbocycles. The first-order chi connectivity index (χ1) is 15.0. The molecule has 0 aromatic heterocycles. The van der Waals surface area contributed by atoms with Gasteiger partial charge in [0.15, 0.2) is 0 Å². The van der Waals surface area contributed by atoms with Crippen LogP contribution >= 0.6 is 0 Å². The van der Waals surface area contributed by atoms with Crippen molar-refractivity contribution in [3.63, 3.8) is 0 Å². The molecule has 1 amide bonds. The van der Waals surface area contributed by atoms with Crippen molar-refractivity contribution < 1.29 is 21.6 Å². The lowest BCUT2D eigenvalue weighted by Crippen LogP contribution is -2.32. The largest absolute Gasteiger partial charge is 0.322 e. The van der Waals surface area contributed by atoms with Crippen molar-refractivity contribution in [3.05, 3.63) is 53.6 Å². The van der Waals surface area contributed by atoms with Gasteiger partial charge in [0, 0.05) is 38.4 Å². The Balaban J connectivity index is 1.87. The number of aryl methyl sites for hydroxylation is 1. The van der Waals surface area contributed by atoms with Gasteiger partial charge in [0.05, 0.1) is 9.79 Å². The summed E-state index contributed by atoms with van der Waals surface area (Å²) in [5, 5.41) is 2.72. The Hall–Kier alpha value is -2.27. The second kappa shape index (κ2) is 9.70. The first-order valence-electron chi connectivity index (χ1n) is 10.5.